The number of nitrogens with one attached hydrogen (secondary N) is 2. The lowest BCUT2D eigenvalue weighted by Crippen LogP contribution is -2.23. The lowest BCUT2D eigenvalue weighted by molar-refractivity contribution is 0.414. The average molecular weight is 421 g/mol. The number of methoxy groups -OCH3 is 1. The second-order valence-corrected chi connectivity index (χ2v) is 8.43. The van der Waals surface area contributed by atoms with Gasteiger partial charge in [0, 0.05) is 12.1 Å². The van der Waals surface area contributed by atoms with E-state index in [1.165, 1.54) is 32.1 Å². The zero-order valence-electron chi connectivity index (χ0n) is 16.8. The fraction of sp³-hybridized carbons (Fsp3) is 0.318. The highest BCUT2D eigenvalue weighted by molar-refractivity contribution is 7.17. The zero-order chi connectivity index (χ0) is 20.3. The third kappa shape index (κ3) is 3.95. The largest absolute Gasteiger partial charge is 0.497 e. The molecule has 0 aliphatic heterocycles. The van der Waals surface area contributed by atoms with Crippen LogP contribution in [-0.4, -0.2) is 32.9 Å². The molecule has 1 aliphatic rings. The van der Waals surface area contributed by atoms with Crippen LogP contribution >= 0.6 is 11.3 Å². The fourth-order valence-corrected chi connectivity index (χ4v) is 4.65. The number of hydrogen-bond acceptors (Lipinski definition) is 7. The van der Waals surface area contributed by atoms with Crippen LogP contribution < -0.4 is 15.4 Å². The molecule has 0 saturated heterocycles. The molecule has 3 heterocycles. The summed E-state index contributed by atoms with van der Waals surface area (Å²) < 4.78 is 8.21. The summed E-state index contributed by atoms with van der Waals surface area (Å²) in [7, 11) is 1.66. The van der Waals surface area contributed by atoms with Crippen molar-refractivity contribution in [3.63, 3.8) is 0 Å². The molecule has 30 heavy (non-hydrogen) atoms. The predicted molar refractivity (Wildman–Crippen MR) is 121 cm³/mol. The average Bonchev–Trinajstić information content (AvgIpc) is 3.44. The molecular formula is C22H24N6OS. The molecule has 5 rings (SSSR count). The van der Waals surface area contributed by atoms with Crippen LogP contribution in [0.1, 0.15) is 32.1 Å². The van der Waals surface area contributed by atoms with Crippen molar-refractivity contribution in [2.24, 2.45) is 0 Å². The molecule has 3 aromatic heterocycles. The standard InChI is InChI=1S/C22H24N6OS/c1-29-18-9-5-8-17(12-18)28-14-16(13-23-28)25-22-26-19-10-11-30-20(19)21(27-22)24-15-6-3-2-4-7-15/h5,8-15H,2-4,6-7H2,1H3,(H2,24,25,26,27). The predicted octanol–water partition coefficient (Wildman–Crippen LogP) is 5.37. The minimum atomic E-state index is 0.489. The van der Waals surface area contributed by atoms with Crippen molar-refractivity contribution in [2.75, 3.05) is 17.7 Å². The number of aromatic nitrogens is 4. The van der Waals surface area contributed by atoms with Gasteiger partial charge in [-0.25, -0.2) is 9.67 Å². The van der Waals surface area contributed by atoms with E-state index >= 15 is 0 Å². The molecule has 2 N–H and O–H groups in total. The van der Waals surface area contributed by atoms with Gasteiger partial charge in [0.25, 0.3) is 0 Å². The van der Waals surface area contributed by atoms with Gasteiger partial charge in [0.15, 0.2) is 0 Å². The Morgan fingerprint density at radius 2 is 2.03 bits per heavy atom. The van der Waals surface area contributed by atoms with Crippen molar-refractivity contribution in [3.05, 3.63) is 48.1 Å². The molecule has 154 valence electrons. The first kappa shape index (κ1) is 18.9. The SMILES string of the molecule is COc1cccc(-n2cc(Nc3nc(NC4CCCCC4)c4sccc4n3)cn2)c1. The number of fused-ring (bicyclic) bond motifs is 1. The second kappa shape index (κ2) is 8.31. The highest BCUT2D eigenvalue weighted by Crippen LogP contribution is 2.31. The first-order valence-electron chi connectivity index (χ1n) is 10.3. The maximum atomic E-state index is 5.30. The molecule has 1 aliphatic carbocycles. The van der Waals surface area contributed by atoms with Crippen LogP contribution in [0.5, 0.6) is 5.75 Å². The van der Waals surface area contributed by atoms with Crippen molar-refractivity contribution >= 4 is 39.0 Å². The third-order valence-corrected chi connectivity index (χ3v) is 6.32. The van der Waals surface area contributed by atoms with Gasteiger partial charge in [-0.1, -0.05) is 25.3 Å². The molecule has 4 aromatic rings. The molecule has 7 nitrogen and oxygen atoms in total. The van der Waals surface area contributed by atoms with Crippen LogP contribution in [0.4, 0.5) is 17.5 Å². The summed E-state index contributed by atoms with van der Waals surface area (Å²) in [5, 5.41) is 13.5. The van der Waals surface area contributed by atoms with Crippen LogP contribution in [-0.2, 0) is 0 Å². The lowest BCUT2D eigenvalue weighted by atomic mass is 9.95. The Morgan fingerprint density at radius 3 is 2.90 bits per heavy atom. The molecule has 1 saturated carbocycles. The van der Waals surface area contributed by atoms with Gasteiger partial charge in [-0.2, -0.15) is 10.1 Å². The summed E-state index contributed by atoms with van der Waals surface area (Å²) >= 11 is 1.68. The summed E-state index contributed by atoms with van der Waals surface area (Å²) in [6.45, 7) is 0. The summed E-state index contributed by atoms with van der Waals surface area (Å²) in [6, 6.07) is 10.3. The van der Waals surface area contributed by atoms with E-state index in [-0.39, 0.29) is 0 Å². The van der Waals surface area contributed by atoms with Gasteiger partial charge in [0.1, 0.15) is 11.6 Å². The Morgan fingerprint density at radius 1 is 1.13 bits per heavy atom. The monoisotopic (exact) mass is 420 g/mol. The summed E-state index contributed by atoms with van der Waals surface area (Å²) in [6.07, 6.45) is 10.00. The van der Waals surface area contributed by atoms with E-state index in [2.05, 4.69) is 26.1 Å². The number of thiophene rings is 1. The van der Waals surface area contributed by atoms with Crippen molar-refractivity contribution in [1.82, 2.24) is 19.7 Å². The van der Waals surface area contributed by atoms with Crippen molar-refractivity contribution in [2.45, 2.75) is 38.1 Å². The summed E-state index contributed by atoms with van der Waals surface area (Å²) in [4.78, 5) is 9.48. The first-order valence-corrected chi connectivity index (χ1v) is 11.1. The van der Waals surface area contributed by atoms with E-state index in [1.54, 1.807) is 29.3 Å². The van der Waals surface area contributed by atoms with Gasteiger partial charge >= 0.3 is 0 Å². The minimum absolute atomic E-state index is 0.489. The molecule has 0 amide bonds. The zero-order valence-corrected chi connectivity index (χ0v) is 17.7. The number of rotatable bonds is 6. The van der Waals surface area contributed by atoms with Crippen molar-refractivity contribution in [3.8, 4) is 11.4 Å². The molecule has 0 radical (unpaired) electrons. The van der Waals surface area contributed by atoms with Crippen LogP contribution in [0.3, 0.4) is 0 Å². The van der Waals surface area contributed by atoms with E-state index in [1.807, 2.05) is 36.5 Å². The van der Waals surface area contributed by atoms with E-state index in [0.717, 1.165) is 33.2 Å². The van der Waals surface area contributed by atoms with E-state index in [4.69, 9.17) is 9.72 Å². The van der Waals surface area contributed by atoms with E-state index in [9.17, 15) is 0 Å². The topological polar surface area (TPSA) is 76.9 Å². The molecule has 0 bridgehead atoms. The Hall–Kier alpha value is -3.13. The Kier molecular flexibility index (Phi) is 5.23. The number of ether oxygens (including phenoxy) is 1. The van der Waals surface area contributed by atoms with Crippen LogP contribution in [0, 0.1) is 0 Å². The normalized spacial score (nSPS) is 14.7. The quantitative estimate of drug-likeness (QED) is 0.436. The number of nitrogens with zero attached hydrogens (tertiary/aromatic N) is 4. The second-order valence-electron chi connectivity index (χ2n) is 7.51. The van der Waals surface area contributed by atoms with Gasteiger partial charge < -0.3 is 15.4 Å². The molecule has 0 unspecified atom stereocenters. The third-order valence-electron chi connectivity index (χ3n) is 5.41. The Balaban J connectivity index is 1.39. The highest BCUT2D eigenvalue weighted by atomic mass is 32.1. The van der Waals surface area contributed by atoms with Gasteiger partial charge in [-0.3, -0.25) is 0 Å². The smallest absolute Gasteiger partial charge is 0.229 e. The highest BCUT2D eigenvalue weighted by Gasteiger charge is 2.17. The van der Waals surface area contributed by atoms with E-state index < -0.39 is 0 Å². The number of benzene rings is 1. The Bertz CT molecular complexity index is 1150. The van der Waals surface area contributed by atoms with Crippen LogP contribution in [0.2, 0.25) is 0 Å². The van der Waals surface area contributed by atoms with Crippen molar-refractivity contribution in [1.29, 1.82) is 0 Å². The van der Waals surface area contributed by atoms with Gasteiger partial charge in [-0.15, -0.1) is 11.3 Å². The Labute approximate surface area is 179 Å². The first-order chi connectivity index (χ1) is 14.8. The molecule has 8 heteroatoms. The number of hydrogen-bond donors (Lipinski definition) is 2. The van der Waals surface area contributed by atoms with E-state index in [0.29, 0.717) is 12.0 Å². The fourth-order valence-electron chi connectivity index (χ4n) is 3.87. The maximum absolute atomic E-state index is 5.30. The maximum Gasteiger partial charge on any atom is 0.229 e. The van der Waals surface area contributed by atoms with Gasteiger partial charge in [0.05, 0.1) is 41.1 Å². The summed E-state index contributed by atoms with van der Waals surface area (Å²) in [5.74, 6) is 2.29. The van der Waals surface area contributed by atoms with Gasteiger partial charge in [-0.05, 0) is 36.4 Å². The lowest BCUT2D eigenvalue weighted by Gasteiger charge is -2.23. The summed E-state index contributed by atoms with van der Waals surface area (Å²) in [5.41, 5.74) is 2.71. The molecule has 0 spiro atoms. The van der Waals surface area contributed by atoms with Gasteiger partial charge in [0.2, 0.25) is 5.95 Å². The van der Waals surface area contributed by atoms with Crippen LogP contribution in [0.25, 0.3) is 15.9 Å². The molecule has 1 aromatic carbocycles. The molecular weight excluding hydrogens is 396 g/mol. The van der Waals surface area contributed by atoms with Crippen LogP contribution in [0.15, 0.2) is 48.1 Å². The van der Waals surface area contributed by atoms with Crippen molar-refractivity contribution < 1.29 is 4.74 Å². The molecule has 0 atom stereocenters. The number of anilines is 3. The molecule has 1 fully saturated rings. The minimum Gasteiger partial charge on any atom is -0.497 e.